The van der Waals surface area contributed by atoms with E-state index in [1.165, 1.54) is 17.0 Å². The van der Waals surface area contributed by atoms with Gasteiger partial charge in [0.1, 0.15) is 5.70 Å². The van der Waals surface area contributed by atoms with E-state index in [4.69, 9.17) is 14.3 Å². The van der Waals surface area contributed by atoms with Gasteiger partial charge >= 0.3 is 11.9 Å². The van der Waals surface area contributed by atoms with E-state index >= 15 is 0 Å². The molecule has 16 heteroatoms. The number of carbonyl (C=O) groups excluding carboxylic acids is 3. The number of rotatable bonds is 13. The first-order valence-electron chi connectivity index (χ1n) is 14.9. The minimum Gasteiger partial charge on any atom is -0.413 e. The van der Waals surface area contributed by atoms with Gasteiger partial charge in [-0.1, -0.05) is 27.7 Å². The fraction of sp³-hybridized carbons (Fsp3) is 0.607. The summed E-state index contributed by atoms with van der Waals surface area (Å²) in [5, 5.41) is 16.1. The molecule has 0 radical (unpaired) electrons. The number of β-lactam (4-membered cyclic amide) rings is 1. The number of nitrogens with zero attached hydrogens (tertiary/aromatic N) is 3. The lowest BCUT2D eigenvalue weighted by molar-refractivity contribution is -0.384. The molecule has 14 nitrogen and oxygen atoms in total. The SMILES string of the molecule is CC[Si](CC)(CC)O[C@H](C)C1C(=O)N2C(C(=O)OC(=O)c3ccc([N+](=O)[O-])cc3)=C(CN3CC[C@H](NS(N)(=O)=O)C3)[C@H](C)[C@H]12. The van der Waals surface area contributed by atoms with Gasteiger partial charge in [-0.3, -0.25) is 19.8 Å². The minimum atomic E-state index is -3.90. The molecule has 0 spiro atoms. The Morgan fingerprint density at radius 1 is 1.16 bits per heavy atom. The predicted molar refractivity (Wildman–Crippen MR) is 163 cm³/mol. The van der Waals surface area contributed by atoms with Crippen molar-refractivity contribution in [2.45, 2.75) is 77.4 Å². The fourth-order valence-electron chi connectivity index (χ4n) is 6.75. The Labute approximate surface area is 258 Å². The van der Waals surface area contributed by atoms with Gasteiger partial charge in [0.05, 0.1) is 28.6 Å². The molecule has 44 heavy (non-hydrogen) atoms. The van der Waals surface area contributed by atoms with Crippen molar-refractivity contribution in [3.05, 3.63) is 51.2 Å². The highest BCUT2D eigenvalue weighted by molar-refractivity contribution is 7.87. The normalized spacial score (nSPS) is 24.7. The average Bonchev–Trinajstić information content (AvgIpc) is 3.50. The second-order valence-electron chi connectivity index (χ2n) is 11.8. The maximum absolute atomic E-state index is 13.7. The lowest BCUT2D eigenvalue weighted by Crippen LogP contribution is -2.65. The quantitative estimate of drug-likeness (QED) is 0.0799. The number of nitrogens with two attached hydrogens (primary N) is 1. The average molecular weight is 652 g/mol. The number of likely N-dealkylation sites (tertiary alicyclic amines) is 1. The lowest BCUT2D eigenvalue weighted by Gasteiger charge is -2.49. The highest BCUT2D eigenvalue weighted by atomic mass is 32.2. The van der Waals surface area contributed by atoms with E-state index in [9.17, 15) is 32.9 Å². The lowest BCUT2D eigenvalue weighted by atomic mass is 9.77. The number of hydrogen-bond acceptors (Lipinski definition) is 10. The number of ether oxygens (including phenoxy) is 1. The third kappa shape index (κ3) is 6.79. The van der Waals surface area contributed by atoms with Crippen LogP contribution in [-0.2, 0) is 29.0 Å². The van der Waals surface area contributed by atoms with Crippen molar-refractivity contribution in [3.8, 4) is 0 Å². The van der Waals surface area contributed by atoms with Gasteiger partial charge in [-0.05, 0) is 49.2 Å². The zero-order valence-corrected chi connectivity index (χ0v) is 27.5. The van der Waals surface area contributed by atoms with Crippen molar-refractivity contribution in [1.29, 1.82) is 0 Å². The number of carbonyl (C=O) groups is 3. The Morgan fingerprint density at radius 3 is 2.32 bits per heavy atom. The molecule has 3 N–H and O–H groups in total. The van der Waals surface area contributed by atoms with Gasteiger partial charge in [-0.25, -0.2) is 14.7 Å². The van der Waals surface area contributed by atoms with Crippen molar-refractivity contribution >= 4 is 42.1 Å². The molecule has 0 aliphatic carbocycles. The van der Waals surface area contributed by atoms with Crippen LogP contribution in [0.2, 0.25) is 18.1 Å². The van der Waals surface area contributed by atoms with E-state index in [1.54, 1.807) is 0 Å². The van der Waals surface area contributed by atoms with E-state index in [-0.39, 0.29) is 47.5 Å². The Hall–Kier alpha value is -3.02. The molecule has 3 heterocycles. The monoisotopic (exact) mass is 651 g/mol. The highest BCUT2D eigenvalue weighted by Gasteiger charge is 2.61. The van der Waals surface area contributed by atoms with Crippen LogP contribution in [0.15, 0.2) is 35.5 Å². The molecular formula is C28H41N5O9SSi. The summed E-state index contributed by atoms with van der Waals surface area (Å²) in [5.74, 6) is -3.02. The molecular weight excluding hydrogens is 610 g/mol. The van der Waals surface area contributed by atoms with Gasteiger partial charge in [0.25, 0.3) is 15.9 Å². The van der Waals surface area contributed by atoms with Gasteiger partial charge in [0, 0.05) is 43.7 Å². The Kier molecular flexibility index (Phi) is 10.1. The summed E-state index contributed by atoms with van der Waals surface area (Å²) in [6.45, 7) is 11.3. The number of nitrogens with one attached hydrogen (secondary N) is 1. The van der Waals surface area contributed by atoms with Gasteiger partial charge in [0.15, 0.2) is 8.32 Å². The molecule has 242 valence electrons. The number of non-ortho nitro benzene ring substituents is 1. The van der Waals surface area contributed by atoms with E-state index in [0.717, 1.165) is 30.3 Å². The van der Waals surface area contributed by atoms with Crippen LogP contribution in [0.5, 0.6) is 0 Å². The van der Waals surface area contributed by atoms with E-state index in [2.05, 4.69) is 25.5 Å². The summed E-state index contributed by atoms with van der Waals surface area (Å²) in [4.78, 5) is 54.0. The van der Waals surface area contributed by atoms with Crippen molar-refractivity contribution in [1.82, 2.24) is 14.5 Å². The van der Waals surface area contributed by atoms with Crippen molar-refractivity contribution in [2.75, 3.05) is 19.6 Å². The Bertz CT molecular complexity index is 1440. The molecule has 3 aliphatic heterocycles. The first kappa shape index (κ1) is 33.9. The van der Waals surface area contributed by atoms with Gasteiger partial charge in [-0.15, -0.1) is 0 Å². The van der Waals surface area contributed by atoms with Gasteiger partial charge in [-0.2, -0.15) is 13.1 Å². The predicted octanol–water partition coefficient (Wildman–Crippen LogP) is 2.29. The van der Waals surface area contributed by atoms with Crippen molar-refractivity contribution in [2.24, 2.45) is 17.0 Å². The first-order chi connectivity index (χ1) is 20.6. The zero-order chi connectivity index (χ0) is 32.6. The zero-order valence-electron chi connectivity index (χ0n) is 25.6. The third-order valence-electron chi connectivity index (χ3n) is 9.36. The summed E-state index contributed by atoms with van der Waals surface area (Å²) in [6.07, 6.45) is 0.139. The summed E-state index contributed by atoms with van der Waals surface area (Å²) in [7, 11) is -5.94. The number of esters is 2. The maximum Gasteiger partial charge on any atom is 0.362 e. The number of nitro benzene ring substituents is 1. The Morgan fingerprint density at radius 2 is 1.77 bits per heavy atom. The molecule has 1 aromatic carbocycles. The van der Waals surface area contributed by atoms with Crippen LogP contribution in [0.4, 0.5) is 5.69 Å². The standard InChI is InChI=1S/C28H41N5O9SSi/c1-6-44(7-2,8-3)42-18(5)23-24-17(4)22(16-31-14-13-20(15-31)30-43(29,39)40)25(32(24)26(23)34)28(36)41-27(35)19-9-11-21(12-10-19)33(37)38/h9-12,17-18,20,23-24,30H,6-8,13-16H2,1-5H3,(H2,29,39,40)/t17-,18+,20-,23?,24+/m0/s1. The summed E-state index contributed by atoms with van der Waals surface area (Å²) in [6, 6.07) is 6.64. The van der Waals surface area contributed by atoms with Crippen LogP contribution < -0.4 is 9.86 Å². The van der Waals surface area contributed by atoms with Crippen LogP contribution in [0.1, 0.15) is 51.4 Å². The smallest absolute Gasteiger partial charge is 0.362 e. The van der Waals surface area contributed by atoms with E-state index in [1.807, 2.05) is 18.7 Å². The molecule has 4 rings (SSSR count). The van der Waals surface area contributed by atoms with Crippen LogP contribution >= 0.6 is 0 Å². The van der Waals surface area contributed by atoms with Crippen LogP contribution in [0, 0.1) is 22.0 Å². The van der Waals surface area contributed by atoms with E-state index in [0.29, 0.717) is 25.1 Å². The van der Waals surface area contributed by atoms with Crippen LogP contribution in [0.3, 0.4) is 0 Å². The molecule has 3 aliphatic rings. The third-order valence-corrected chi connectivity index (χ3v) is 14.8. The van der Waals surface area contributed by atoms with Crippen molar-refractivity contribution < 1.29 is 36.9 Å². The molecule has 0 bridgehead atoms. The molecule has 1 amide bonds. The molecule has 5 atom stereocenters. The second kappa shape index (κ2) is 13.1. The minimum absolute atomic E-state index is 0.000880. The summed E-state index contributed by atoms with van der Waals surface area (Å²) < 4.78 is 37.4. The number of fused-ring (bicyclic) bond motifs is 1. The molecule has 0 saturated carbocycles. The fourth-order valence-corrected chi connectivity index (χ4v) is 10.3. The molecule has 2 saturated heterocycles. The van der Waals surface area contributed by atoms with Crippen molar-refractivity contribution in [3.63, 3.8) is 0 Å². The number of hydrogen-bond donors (Lipinski definition) is 2. The molecule has 2 fully saturated rings. The number of nitro groups is 1. The van der Waals surface area contributed by atoms with E-state index < -0.39 is 47.3 Å². The largest absolute Gasteiger partial charge is 0.413 e. The van der Waals surface area contributed by atoms with Crippen LogP contribution in [-0.4, -0.2) is 87.1 Å². The number of amides is 1. The topological polar surface area (TPSA) is 191 Å². The summed E-state index contributed by atoms with van der Waals surface area (Å²) in [5.41, 5.74) is 0.334. The Balaban J connectivity index is 1.60. The van der Waals surface area contributed by atoms with Crippen LogP contribution in [0.25, 0.3) is 0 Å². The second-order valence-corrected chi connectivity index (χ2v) is 17.9. The first-order valence-corrected chi connectivity index (χ1v) is 19.0. The maximum atomic E-state index is 13.7. The molecule has 0 aromatic heterocycles. The molecule has 1 unspecified atom stereocenters. The highest BCUT2D eigenvalue weighted by Crippen LogP contribution is 2.49. The van der Waals surface area contributed by atoms with Gasteiger partial charge in [0.2, 0.25) is 5.91 Å². The number of benzene rings is 1. The summed E-state index contributed by atoms with van der Waals surface area (Å²) >= 11 is 0. The van der Waals surface area contributed by atoms with Gasteiger partial charge < -0.3 is 14.1 Å². The molecule has 1 aromatic rings.